The molecule has 2 aromatic rings. The molecule has 1 atom stereocenters. The van der Waals surface area contributed by atoms with Crippen molar-refractivity contribution in [2.24, 2.45) is 0 Å². The van der Waals surface area contributed by atoms with Crippen LogP contribution in [0.2, 0.25) is 0 Å². The van der Waals surface area contributed by atoms with Crippen LogP contribution in [-0.4, -0.2) is 22.0 Å². The number of hydrogen-bond acceptors (Lipinski definition) is 4. The van der Waals surface area contributed by atoms with Crippen LogP contribution < -0.4 is 4.90 Å². The van der Waals surface area contributed by atoms with Gasteiger partial charge in [0.05, 0.1) is 16.0 Å². The van der Waals surface area contributed by atoms with E-state index in [0.717, 1.165) is 17.0 Å². The van der Waals surface area contributed by atoms with Crippen LogP contribution in [0.4, 0.5) is 14.5 Å². The maximum Gasteiger partial charge on any atom is 0.247 e. The van der Waals surface area contributed by atoms with E-state index in [4.69, 9.17) is 0 Å². The minimum Gasteiger partial charge on any atom is -0.274 e. The summed E-state index contributed by atoms with van der Waals surface area (Å²) >= 11 is 1.18. The van der Waals surface area contributed by atoms with Gasteiger partial charge in [-0.05, 0) is 24.3 Å². The van der Waals surface area contributed by atoms with Gasteiger partial charge in [-0.3, -0.25) is 9.59 Å². The molecule has 3 rings (SSSR count). The third-order valence-corrected chi connectivity index (χ3v) is 4.30. The van der Waals surface area contributed by atoms with E-state index in [0.29, 0.717) is 5.03 Å². The van der Waals surface area contributed by atoms with Gasteiger partial charge in [0.2, 0.25) is 11.8 Å². The zero-order valence-electron chi connectivity index (χ0n) is 11.2. The Labute approximate surface area is 129 Å². The number of thioether (sulfide) groups is 1. The molecular formula is C15H10F2N2O2S. The molecule has 0 spiro atoms. The molecule has 1 aliphatic heterocycles. The Balaban J connectivity index is 1.83. The van der Waals surface area contributed by atoms with Gasteiger partial charge in [0.1, 0.15) is 0 Å². The number of hydrogen-bond donors (Lipinski definition) is 0. The van der Waals surface area contributed by atoms with Gasteiger partial charge in [0.25, 0.3) is 0 Å². The zero-order valence-corrected chi connectivity index (χ0v) is 12.0. The van der Waals surface area contributed by atoms with Crippen molar-refractivity contribution < 1.29 is 18.4 Å². The predicted molar refractivity (Wildman–Crippen MR) is 77.4 cm³/mol. The summed E-state index contributed by atoms with van der Waals surface area (Å²) in [6.45, 7) is 0. The fraction of sp³-hybridized carbons (Fsp3) is 0.133. The highest BCUT2D eigenvalue weighted by Crippen LogP contribution is 2.33. The van der Waals surface area contributed by atoms with E-state index in [1.165, 1.54) is 17.8 Å². The number of imide groups is 1. The van der Waals surface area contributed by atoms with E-state index >= 15 is 0 Å². The number of carbonyl (C=O) groups is 2. The topological polar surface area (TPSA) is 50.3 Å². The van der Waals surface area contributed by atoms with Crippen LogP contribution in [0.1, 0.15) is 6.42 Å². The van der Waals surface area contributed by atoms with Crippen molar-refractivity contribution in [3.8, 4) is 0 Å². The number of rotatable bonds is 3. The van der Waals surface area contributed by atoms with Crippen molar-refractivity contribution in [2.45, 2.75) is 16.7 Å². The van der Waals surface area contributed by atoms with Crippen molar-refractivity contribution >= 4 is 29.3 Å². The summed E-state index contributed by atoms with van der Waals surface area (Å²) < 4.78 is 26.3. The first-order valence-corrected chi connectivity index (χ1v) is 7.34. The number of amides is 2. The molecule has 1 aliphatic rings. The second kappa shape index (κ2) is 5.84. The molecule has 22 heavy (non-hydrogen) atoms. The van der Waals surface area contributed by atoms with E-state index in [2.05, 4.69) is 4.98 Å². The van der Waals surface area contributed by atoms with Gasteiger partial charge < -0.3 is 0 Å². The van der Waals surface area contributed by atoms with Crippen molar-refractivity contribution in [2.75, 3.05) is 4.90 Å². The average Bonchev–Trinajstić information content (AvgIpc) is 2.78. The molecule has 1 aromatic carbocycles. The zero-order chi connectivity index (χ0) is 15.7. The molecule has 0 radical (unpaired) electrons. The average molecular weight is 320 g/mol. The number of nitrogens with zero attached hydrogens (tertiary/aromatic N) is 2. The first-order valence-electron chi connectivity index (χ1n) is 6.46. The SMILES string of the molecule is O=C1C[C@H](Sc2ccccn2)C(=O)N1c1ccc(F)c(F)c1. The molecule has 1 fully saturated rings. The molecule has 0 bridgehead atoms. The molecule has 112 valence electrons. The number of pyridine rings is 1. The minimum absolute atomic E-state index is 0.000923. The van der Waals surface area contributed by atoms with Crippen molar-refractivity contribution in [1.82, 2.24) is 4.98 Å². The molecule has 4 nitrogen and oxygen atoms in total. The Morgan fingerprint density at radius 3 is 2.64 bits per heavy atom. The van der Waals surface area contributed by atoms with Gasteiger partial charge in [0.15, 0.2) is 11.6 Å². The van der Waals surface area contributed by atoms with E-state index in [1.54, 1.807) is 24.4 Å². The monoisotopic (exact) mass is 320 g/mol. The summed E-state index contributed by atoms with van der Waals surface area (Å²) in [5, 5.41) is 0.0105. The first kappa shape index (κ1) is 14.6. The van der Waals surface area contributed by atoms with Crippen molar-refractivity contribution in [1.29, 1.82) is 0 Å². The highest BCUT2D eigenvalue weighted by molar-refractivity contribution is 8.00. The van der Waals surface area contributed by atoms with E-state index in [9.17, 15) is 18.4 Å². The molecule has 7 heteroatoms. The van der Waals surface area contributed by atoms with Crippen LogP contribution >= 0.6 is 11.8 Å². The normalized spacial score (nSPS) is 18.1. The number of aromatic nitrogens is 1. The molecule has 0 N–H and O–H groups in total. The summed E-state index contributed by atoms with van der Waals surface area (Å²) in [4.78, 5) is 29.4. The largest absolute Gasteiger partial charge is 0.274 e. The van der Waals surface area contributed by atoms with Gasteiger partial charge in [-0.2, -0.15) is 0 Å². The fourth-order valence-electron chi connectivity index (χ4n) is 2.15. The molecule has 1 aromatic heterocycles. The van der Waals surface area contributed by atoms with Crippen LogP contribution in [0.5, 0.6) is 0 Å². The van der Waals surface area contributed by atoms with Crippen LogP contribution in [0, 0.1) is 11.6 Å². The number of carbonyl (C=O) groups excluding carboxylic acids is 2. The number of anilines is 1. The summed E-state index contributed by atoms with van der Waals surface area (Å²) in [7, 11) is 0. The lowest BCUT2D eigenvalue weighted by Gasteiger charge is -2.15. The highest BCUT2D eigenvalue weighted by Gasteiger charge is 2.40. The second-order valence-electron chi connectivity index (χ2n) is 4.64. The highest BCUT2D eigenvalue weighted by atomic mass is 32.2. The summed E-state index contributed by atoms with van der Waals surface area (Å²) in [6.07, 6.45) is 1.59. The molecule has 2 heterocycles. The van der Waals surface area contributed by atoms with Gasteiger partial charge in [0, 0.05) is 18.7 Å². The second-order valence-corrected chi connectivity index (χ2v) is 5.87. The molecule has 2 amide bonds. The first-order chi connectivity index (χ1) is 10.6. The Hall–Kier alpha value is -2.28. The third kappa shape index (κ3) is 2.71. The quantitative estimate of drug-likeness (QED) is 0.816. The van der Waals surface area contributed by atoms with Gasteiger partial charge in [-0.15, -0.1) is 0 Å². The lowest BCUT2D eigenvalue weighted by atomic mass is 10.3. The number of halogens is 2. The lowest BCUT2D eigenvalue weighted by molar-refractivity contribution is -0.121. The van der Waals surface area contributed by atoms with Crippen LogP contribution in [0.15, 0.2) is 47.6 Å². The summed E-state index contributed by atoms with van der Waals surface area (Å²) in [5.74, 6) is -3.02. The Kier molecular flexibility index (Phi) is 3.89. The summed E-state index contributed by atoms with van der Waals surface area (Å²) in [5.41, 5.74) is 0.0398. The van der Waals surface area contributed by atoms with Crippen LogP contribution in [-0.2, 0) is 9.59 Å². The molecule has 1 saturated heterocycles. The van der Waals surface area contributed by atoms with E-state index in [1.807, 2.05) is 0 Å². The standard InChI is InChI=1S/C15H10F2N2O2S/c16-10-5-4-9(7-11(10)17)19-14(20)8-12(15(19)21)22-13-3-1-2-6-18-13/h1-7,12H,8H2/t12-/m0/s1. The third-order valence-electron chi connectivity index (χ3n) is 3.17. The van der Waals surface area contributed by atoms with Crippen LogP contribution in [0.3, 0.4) is 0 Å². The minimum atomic E-state index is -1.10. The number of benzene rings is 1. The van der Waals surface area contributed by atoms with Crippen LogP contribution in [0.25, 0.3) is 0 Å². The Morgan fingerprint density at radius 2 is 1.95 bits per heavy atom. The molecular weight excluding hydrogens is 310 g/mol. The van der Waals surface area contributed by atoms with E-state index < -0.39 is 28.7 Å². The lowest BCUT2D eigenvalue weighted by Crippen LogP contribution is -2.31. The predicted octanol–water partition coefficient (Wildman–Crippen LogP) is 2.78. The Bertz CT molecular complexity index is 740. The summed E-state index contributed by atoms with van der Waals surface area (Å²) in [6, 6.07) is 8.22. The van der Waals surface area contributed by atoms with Gasteiger partial charge in [-0.25, -0.2) is 18.7 Å². The molecule has 0 aliphatic carbocycles. The van der Waals surface area contributed by atoms with Crippen molar-refractivity contribution in [3.05, 3.63) is 54.2 Å². The molecule has 0 saturated carbocycles. The van der Waals surface area contributed by atoms with Gasteiger partial charge >= 0.3 is 0 Å². The Morgan fingerprint density at radius 1 is 1.14 bits per heavy atom. The van der Waals surface area contributed by atoms with Gasteiger partial charge in [-0.1, -0.05) is 17.8 Å². The smallest absolute Gasteiger partial charge is 0.247 e. The molecule has 0 unspecified atom stereocenters. The van der Waals surface area contributed by atoms with Crippen molar-refractivity contribution in [3.63, 3.8) is 0 Å². The maximum atomic E-state index is 13.3. The fourth-order valence-corrected chi connectivity index (χ4v) is 3.16. The maximum absolute atomic E-state index is 13.3. The van der Waals surface area contributed by atoms with E-state index in [-0.39, 0.29) is 12.1 Å².